The molecule has 1 aliphatic heterocycles. The first-order valence-electron chi connectivity index (χ1n) is 8.17. The van der Waals surface area contributed by atoms with Gasteiger partial charge in [-0.3, -0.25) is 4.79 Å². The van der Waals surface area contributed by atoms with Crippen LogP contribution in [-0.2, 0) is 6.54 Å². The first-order chi connectivity index (χ1) is 11.7. The molecule has 126 valence electrons. The van der Waals surface area contributed by atoms with E-state index in [1.807, 2.05) is 23.1 Å². The number of amides is 1. The summed E-state index contributed by atoms with van der Waals surface area (Å²) in [4.78, 5) is 15.7. The van der Waals surface area contributed by atoms with E-state index in [0.29, 0.717) is 18.7 Å². The SMILES string of the molecule is COc1ccccc1C[NH+]1CCN(C(=O)c2ccc(F)cc2)CC1. The van der Waals surface area contributed by atoms with E-state index in [1.165, 1.54) is 22.6 Å². The lowest BCUT2D eigenvalue weighted by Crippen LogP contribution is -3.13. The van der Waals surface area contributed by atoms with E-state index in [2.05, 4.69) is 6.07 Å². The number of ether oxygens (including phenoxy) is 1. The molecule has 24 heavy (non-hydrogen) atoms. The van der Waals surface area contributed by atoms with E-state index in [0.717, 1.165) is 25.4 Å². The number of para-hydroxylation sites is 1. The van der Waals surface area contributed by atoms with Crippen LogP contribution in [0.5, 0.6) is 5.75 Å². The smallest absolute Gasteiger partial charge is 0.254 e. The van der Waals surface area contributed by atoms with Crippen molar-refractivity contribution < 1.29 is 18.8 Å². The van der Waals surface area contributed by atoms with Crippen molar-refractivity contribution >= 4 is 5.91 Å². The van der Waals surface area contributed by atoms with Gasteiger partial charge in [0, 0.05) is 11.1 Å². The molecule has 0 spiro atoms. The molecule has 2 aromatic carbocycles. The molecule has 1 N–H and O–H groups in total. The number of halogens is 1. The van der Waals surface area contributed by atoms with Crippen molar-refractivity contribution in [3.63, 3.8) is 0 Å². The Morgan fingerprint density at radius 2 is 1.79 bits per heavy atom. The maximum Gasteiger partial charge on any atom is 0.254 e. The fourth-order valence-corrected chi connectivity index (χ4v) is 3.10. The van der Waals surface area contributed by atoms with Crippen molar-refractivity contribution in [2.45, 2.75) is 6.54 Å². The number of methoxy groups -OCH3 is 1. The standard InChI is InChI=1S/C19H21FN2O2/c1-24-18-5-3-2-4-16(18)14-21-10-12-22(13-11-21)19(23)15-6-8-17(20)9-7-15/h2-9H,10-14H2,1H3/p+1. The lowest BCUT2D eigenvalue weighted by Gasteiger charge is -2.32. The van der Waals surface area contributed by atoms with Crippen LogP contribution < -0.4 is 9.64 Å². The second-order valence-electron chi connectivity index (χ2n) is 6.04. The molecule has 0 unspecified atom stereocenters. The number of hydrogen-bond acceptors (Lipinski definition) is 2. The zero-order chi connectivity index (χ0) is 16.9. The zero-order valence-electron chi connectivity index (χ0n) is 13.8. The van der Waals surface area contributed by atoms with Crippen molar-refractivity contribution in [1.29, 1.82) is 0 Å². The number of carbonyl (C=O) groups is 1. The topological polar surface area (TPSA) is 34.0 Å². The Morgan fingerprint density at radius 3 is 2.46 bits per heavy atom. The third kappa shape index (κ3) is 3.74. The monoisotopic (exact) mass is 329 g/mol. The molecule has 4 nitrogen and oxygen atoms in total. The van der Waals surface area contributed by atoms with Gasteiger partial charge in [0.05, 0.1) is 33.3 Å². The molecular weight excluding hydrogens is 307 g/mol. The second-order valence-corrected chi connectivity index (χ2v) is 6.04. The molecule has 0 aliphatic carbocycles. The van der Waals surface area contributed by atoms with Crippen LogP contribution in [0.15, 0.2) is 48.5 Å². The summed E-state index contributed by atoms with van der Waals surface area (Å²) in [6, 6.07) is 13.8. The minimum Gasteiger partial charge on any atom is -0.496 e. The number of piperazine rings is 1. The highest BCUT2D eigenvalue weighted by atomic mass is 19.1. The molecule has 1 amide bonds. The summed E-state index contributed by atoms with van der Waals surface area (Å²) in [6.07, 6.45) is 0. The summed E-state index contributed by atoms with van der Waals surface area (Å²) in [6.45, 7) is 4.10. The van der Waals surface area contributed by atoms with Gasteiger partial charge in [0.25, 0.3) is 5.91 Å². The van der Waals surface area contributed by atoms with Crippen molar-refractivity contribution in [2.75, 3.05) is 33.3 Å². The van der Waals surface area contributed by atoms with Crippen LogP contribution in [0.1, 0.15) is 15.9 Å². The Bertz CT molecular complexity index is 695. The van der Waals surface area contributed by atoms with Crippen molar-refractivity contribution in [1.82, 2.24) is 4.90 Å². The minimum absolute atomic E-state index is 0.0219. The largest absolute Gasteiger partial charge is 0.496 e. The number of benzene rings is 2. The Morgan fingerprint density at radius 1 is 1.12 bits per heavy atom. The number of quaternary nitrogens is 1. The Labute approximate surface area is 141 Å². The van der Waals surface area contributed by atoms with Gasteiger partial charge in [-0.15, -0.1) is 0 Å². The highest BCUT2D eigenvalue weighted by molar-refractivity contribution is 5.94. The first kappa shape index (κ1) is 16.5. The van der Waals surface area contributed by atoms with Crippen molar-refractivity contribution in [2.24, 2.45) is 0 Å². The molecular formula is C19H22FN2O2+. The molecule has 0 atom stereocenters. The Kier molecular flexibility index (Phi) is 5.11. The summed E-state index contributed by atoms with van der Waals surface area (Å²) in [5.74, 6) is 0.568. The average molecular weight is 329 g/mol. The van der Waals surface area contributed by atoms with Crippen LogP contribution >= 0.6 is 0 Å². The van der Waals surface area contributed by atoms with E-state index in [9.17, 15) is 9.18 Å². The van der Waals surface area contributed by atoms with E-state index in [1.54, 1.807) is 19.2 Å². The van der Waals surface area contributed by atoms with Gasteiger partial charge in [0.1, 0.15) is 18.1 Å². The second kappa shape index (κ2) is 7.45. The van der Waals surface area contributed by atoms with E-state index in [-0.39, 0.29) is 11.7 Å². The number of hydrogen-bond donors (Lipinski definition) is 1. The number of carbonyl (C=O) groups excluding carboxylic acids is 1. The molecule has 1 saturated heterocycles. The van der Waals surface area contributed by atoms with Gasteiger partial charge in [-0.05, 0) is 36.4 Å². The molecule has 5 heteroatoms. The lowest BCUT2D eigenvalue weighted by atomic mass is 10.1. The molecule has 0 radical (unpaired) electrons. The third-order valence-corrected chi connectivity index (χ3v) is 4.48. The van der Waals surface area contributed by atoms with Crippen LogP contribution in [0.4, 0.5) is 4.39 Å². The van der Waals surface area contributed by atoms with Crippen LogP contribution in [-0.4, -0.2) is 44.1 Å². The lowest BCUT2D eigenvalue weighted by molar-refractivity contribution is -0.917. The van der Waals surface area contributed by atoms with Crippen LogP contribution in [0.25, 0.3) is 0 Å². The summed E-state index contributed by atoms with van der Waals surface area (Å²) in [5.41, 5.74) is 1.73. The van der Waals surface area contributed by atoms with Gasteiger partial charge in [-0.25, -0.2) is 4.39 Å². The van der Waals surface area contributed by atoms with E-state index >= 15 is 0 Å². The number of rotatable bonds is 4. The van der Waals surface area contributed by atoms with Crippen LogP contribution in [0.3, 0.4) is 0 Å². The zero-order valence-corrected chi connectivity index (χ0v) is 13.8. The Balaban J connectivity index is 1.57. The fraction of sp³-hybridized carbons (Fsp3) is 0.316. The molecule has 1 heterocycles. The van der Waals surface area contributed by atoms with Crippen molar-refractivity contribution in [3.05, 3.63) is 65.5 Å². The minimum atomic E-state index is -0.322. The molecule has 0 aromatic heterocycles. The maximum absolute atomic E-state index is 13.0. The molecule has 1 fully saturated rings. The average Bonchev–Trinajstić information content (AvgIpc) is 2.63. The van der Waals surface area contributed by atoms with E-state index in [4.69, 9.17) is 4.74 Å². The summed E-state index contributed by atoms with van der Waals surface area (Å²) >= 11 is 0. The maximum atomic E-state index is 13.0. The van der Waals surface area contributed by atoms with Gasteiger partial charge in [0.15, 0.2) is 0 Å². The highest BCUT2D eigenvalue weighted by Gasteiger charge is 2.25. The van der Waals surface area contributed by atoms with Gasteiger partial charge < -0.3 is 14.5 Å². The quantitative estimate of drug-likeness (QED) is 0.919. The first-order valence-corrected chi connectivity index (χ1v) is 8.17. The molecule has 2 aromatic rings. The Hall–Kier alpha value is -2.40. The van der Waals surface area contributed by atoms with Gasteiger partial charge in [-0.2, -0.15) is 0 Å². The van der Waals surface area contributed by atoms with Gasteiger partial charge in [0.2, 0.25) is 0 Å². The molecule has 0 bridgehead atoms. The third-order valence-electron chi connectivity index (χ3n) is 4.48. The molecule has 1 aliphatic rings. The number of nitrogens with one attached hydrogen (secondary N) is 1. The highest BCUT2D eigenvalue weighted by Crippen LogP contribution is 2.16. The van der Waals surface area contributed by atoms with Gasteiger partial charge >= 0.3 is 0 Å². The van der Waals surface area contributed by atoms with Crippen LogP contribution in [0, 0.1) is 5.82 Å². The fourth-order valence-electron chi connectivity index (χ4n) is 3.10. The summed E-state index contributed by atoms with van der Waals surface area (Å²) in [5, 5.41) is 0. The predicted octanol–water partition coefficient (Wildman–Crippen LogP) is 1.38. The predicted molar refractivity (Wildman–Crippen MR) is 89.7 cm³/mol. The normalized spacial score (nSPS) is 15.3. The van der Waals surface area contributed by atoms with Crippen LogP contribution in [0.2, 0.25) is 0 Å². The van der Waals surface area contributed by atoms with E-state index < -0.39 is 0 Å². The molecule has 3 rings (SSSR count). The van der Waals surface area contributed by atoms with Gasteiger partial charge in [-0.1, -0.05) is 12.1 Å². The number of nitrogens with zero attached hydrogens (tertiary/aromatic N) is 1. The summed E-state index contributed by atoms with van der Waals surface area (Å²) in [7, 11) is 1.69. The summed E-state index contributed by atoms with van der Waals surface area (Å²) < 4.78 is 18.4. The molecule has 0 saturated carbocycles. The van der Waals surface area contributed by atoms with Crippen molar-refractivity contribution in [3.8, 4) is 5.75 Å².